The first-order chi connectivity index (χ1) is 20.4. The summed E-state index contributed by atoms with van der Waals surface area (Å²) in [5.74, 6) is -2.62. The SMILES string of the molecule is C=CCNC(=O)C(=O)C(CCC)NC(=O)[C@@H]1[C@@H]2[C@H](CN1C(=O)[C@@H](NC(=O)N[C@H](COC(=O)NC)C(C)C)C(C)(C)C)C2(C)C. The first kappa shape index (κ1) is 36.6. The number of urea groups is 1. The number of hydrogen-bond donors (Lipinski definition) is 5. The van der Waals surface area contributed by atoms with Crippen LogP contribution in [0.15, 0.2) is 12.7 Å². The molecule has 1 aliphatic heterocycles. The largest absolute Gasteiger partial charge is 0.447 e. The number of ether oxygens (including phenoxy) is 1. The zero-order valence-corrected chi connectivity index (χ0v) is 27.7. The number of piperidine rings is 1. The van der Waals surface area contributed by atoms with E-state index in [2.05, 4.69) is 33.2 Å². The predicted molar refractivity (Wildman–Crippen MR) is 165 cm³/mol. The second-order valence-electron chi connectivity index (χ2n) is 13.7. The van der Waals surface area contributed by atoms with Gasteiger partial charge in [0, 0.05) is 20.1 Å². The van der Waals surface area contributed by atoms with Gasteiger partial charge in [-0.2, -0.15) is 0 Å². The van der Waals surface area contributed by atoms with Crippen molar-refractivity contribution in [3.8, 4) is 0 Å². The van der Waals surface area contributed by atoms with Crippen molar-refractivity contribution in [3.63, 3.8) is 0 Å². The van der Waals surface area contributed by atoms with Crippen LogP contribution in [0.4, 0.5) is 9.59 Å². The molecular weight excluding hydrogens is 568 g/mol. The normalized spacial score (nSPS) is 22.0. The molecule has 1 unspecified atom stereocenters. The number of carbonyl (C=O) groups excluding carboxylic acids is 6. The Morgan fingerprint density at radius 2 is 1.70 bits per heavy atom. The average molecular weight is 621 g/mol. The number of nitrogens with one attached hydrogen (secondary N) is 5. The van der Waals surface area contributed by atoms with E-state index in [1.54, 1.807) is 0 Å². The van der Waals surface area contributed by atoms with E-state index in [4.69, 9.17) is 4.74 Å². The zero-order chi connectivity index (χ0) is 33.6. The van der Waals surface area contributed by atoms with Gasteiger partial charge in [0.2, 0.25) is 17.6 Å². The molecule has 2 aliphatic rings. The fourth-order valence-corrected chi connectivity index (χ4v) is 5.83. The van der Waals surface area contributed by atoms with E-state index in [9.17, 15) is 28.8 Å². The summed E-state index contributed by atoms with van der Waals surface area (Å²) >= 11 is 0. The van der Waals surface area contributed by atoms with Crippen LogP contribution in [0.3, 0.4) is 0 Å². The van der Waals surface area contributed by atoms with Gasteiger partial charge in [-0.1, -0.05) is 67.9 Å². The topological polar surface area (TPSA) is 175 Å². The first-order valence-corrected chi connectivity index (χ1v) is 15.4. The van der Waals surface area contributed by atoms with Gasteiger partial charge >= 0.3 is 12.1 Å². The van der Waals surface area contributed by atoms with Crippen LogP contribution in [0.2, 0.25) is 0 Å². The number of nitrogens with zero attached hydrogens (tertiary/aromatic N) is 1. The third-order valence-corrected chi connectivity index (χ3v) is 8.71. The lowest BCUT2D eigenvalue weighted by atomic mass is 9.85. The minimum absolute atomic E-state index is 0.0606. The van der Waals surface area contributed by atoms with Crippen LogP contribution in [0.25, 0.3) is 0 Å². The molecule has 13 heteroatoms. The smallest absolute Gasteiger partial charge is 0.406 e. The Labute approximate surface area is 261 Å². The maximum atomic E-state index is 14.2. The summed E-state index contributed by atoms with van der Waals surface area (Å²) in [6.07, 6.45) is 1.64. The van der Waals surface area contributed by atoms with Crippen molar-refractivity contribution in [1.82, 2.24) is 31.5 Å². The standard InChI is InChI=1S/C31H52N6O7/c1-11-13-19(23(38)26(40)33-14-12-2)34-25(39)22-21-18(31(21,8)9)15-37(22)27(41)24(30(5,6)7)36-28(42)35-20(17(3)4)16-44-29(43)32-10/h12,17-22,24H,2,11,13-16H2,1,3-10H3,(H,32,43)(H,33,40)(H,34,39)(H2,35,36,42)/t18-,19?,20+,21-,22-,24+/m0/s1. The van der Waals surface area contributed by atoms with Gasteiger partial charge in [-0.25, -0.2) is 9.59 Å². The third-order valence-electron chi connectivity index (χ3n) is 8.71. The quantitative estimate of drug-likeness (QED) is 0.145. The van der Waals surface area contributed by atoms with Crippen LogP contribution in [-0.4, -0.2) is 91.4 Å². The highest BCUT2D eigenvalue weighted by Crippen LogP contribution is 2.65. The number of ketones is 1. The predicted octanol–water partition coefficient (Wildman–Crippen LogP) is 1.72. The number of amides is 6. The molecule has 2 fully saturated rings. The van der Waals surface area contributed by atoms with E-state index < -0.39 is 65.2 Å². The minimum atomic E-state index is -1.04. The zero-order valence-electron chi connectivity index (χ0n) is 27.7. The fraction of sp³-hybridized carbons (Fsp3) is 0.742. The molecule has 2 rings (SSSR count). The maximum Gasteiger partial charge on any atom is 0.406 e. The van der Waals surface area contributed by atoms with Crippen molar-refractivity contribution in [3.05, 3.63) is 12.7 Å². The van der Waals surface area contributed by atoms with E-state index in [0.29, 0.717) is 13.0 Å². The van der Waals surface area contributed by atoms with Crippen molar-refractivity contribution >= 4 is 35.6 Å². The second-order valence-corrected chi connectivity index (χ2v) is 13.7. The lowest BCUT2D eigenvalue weighted by Crippen LogP contribution is -2.62. The summed E-state index contributed by atoms with van der Waals surface area (Å²) in [4.78, 5) is 79.5. The average Bonchev–Trinajstić information content (AvgIpc) is 3.26. The summed E-state index contributed by atoms with van der Waals surface area (Å²) in [6.45, 7) is 19.0. The Morgan fingerprint density at radius 1 is 1.07 bits per heavy atom. The minimum Gasteiger partial charge on any atom is -0.447 e. The van der Waals surface area contributed by atoms with Crippen molar-refractivity contribution in [2.75, 3.05) is 26.7 Å². The number of Topliss-reactive ketones (excluding diaryl/α,β-unsaturated/α-hetero) is 1. The van der Waals surface area contributed by atoms with Crippen molar-refractivity contribution < 1.29 is 33.5 Å². The maximum absolute atomic E-state index is 14.2. The Kier molecular flexibility index (Phi) is 12.4. The molecule has 0 radical (unpaired) electrons. The lowest BCUT2D eigenvalue weighted by molar-refractivity contribution is -0.145. The molecule has 0 aromatic rings. The van der Waals surface area contributed by atoms with E-state index in [1.807, 2.05) is 55.4 Å². The molecule has 0 aromatic heterocycles. The monoisotopic (exact) mass is 620 g/mol. The summed E-state index contributed by atoms with van der Waals surface area (Å²) in [5, 5.41) is 13.2. The molecule has 1 saturated heterocycles. The summed E-state index contributed by atoms with van der Waals surface area (Å²) in [6, 6.07) is -4.03. The molecule has 0 bridgehead atoms. The van der Waals surface area contributed by atoms with E-state index in [0.717, 1.165) is 0 Å². The Morgan fingerprint density at radius 3 is 2.23 bits per heavy atom. The van der Waals surface area contributed by atoms with Crippen LogP contribution in [0.1, 0.15) is 68.2 Å². The molecule has 0 spiro atoms. The number of hydrogen-bond acceptors (Lipinski definition) is 7. The third kappa shape index (κ3) is 8.72. The summed E-state index contributed by atoms with van der Waals surface area (Å²) in [7, 11) is 1.44. The molecule has 5 N–H and O–H groups in total. The highest BCUT2D eigenvalue weighted by Gasteiger charge is 2.69. The van der Waals surface area contributed by atoms with Crippen molar-refractivity contribution in [2.24, 2.45) is 28.6 Å². The fourth-order valence-electron chi connectivity index (χ4n) is 5.83. The molecule has 1 saturated carbocycles. The van der Waals surface area contributed by atoms with Gasteiger partial charge < -0.3 is 36.2 Å². The van der Waals surface area contributed by atoms with E-state index in [1.165, 1.54) is 18.0 Å². The van der Waals surface area contributed by atoms with Crippen molar-refractivity contribution in [2.45, 2.75) is 92.4 Å². The van der Waals surface area contributed by atoms with Gasteiger partial charge in [0.25, 0.3) is 5.91 Å². The molecule has 6 amide bonds. The van der Waals surface area contributed by atoms with Gasteiger partial charge in [-0.05, 0) is 35.0 Å². The molecule has 44 heavy (non-hydrogen) atoms. The molecular formula is C31H52N6O7. The van der Waals surface area contributed by atoms with Gasteiger partial charge in [0.05, 0.1) is 12.1 Å². The molecule has 6 atom stereocenters. The number of fused-ring (bicyclic) bond motifs is 1. The molecule has 248 valence electrons. The van der Waals surface area contributed by atoms with Gasteiger partial charge in [0.15, 0.2) is 0 Å². The van der Waals surface area contributed by atoms with Gasteiger partial charge in [-0.3, -0.25) is 19.2 Å². The van der Waals surface area contributed by atoms with E-state index in [-0.39, 0.29) is 42.7 Å². The number of carbonyl (C=O) groups is 6. The first-order valence-electron chi connectivity index (χ1n) is 15.4. The second kappa shape index (κ2) is 14.9. The highest BCUT2D eigenvalue weighted by molar-refractivity contribution is 6.38. The highest BCUT2D eigenvalue weighted by atomic mass is 16.5. The number of likely N-dealkylation sites (tertiary alicyclic amines) is 1. The molecule has 1 heterocycles. The van der Waals surface area contributed by atoms with Gasteiger partial charge in [-0.15, -0.1) is 6.58 Å². The van der Waals surface area contributed by atoms with Crippen LogP contribution in [0, 0.1) is 28.6 Å². The summed E-state index contributed by atoms with van der Waals surface area (Å²) < 4.78 is 5.13. The molecule has 1 aliphatic carbocycles. The van der Waals surface area contributed by atoms with Crippen molar-refractivity contribution in [1.29, 1.82) is 0 Å². The Balaban J connectivity index is 2.27. The van der Waals surface area contributed by atoms with Crippen LogP contribution >= 0.6 is 0 Å². The molecule has 0 aromatic carbocycles. The number of alkyl carbamates (subject to hydrolysis) is 1. The van der Waals surface area contributed by atoms with Crippen LogP contribution in [0.5, 0.6) is 0 Å². The molecule has 13 nitrogen and oxygen atoms in total. The Bertz CT molecular complexity index is 1120. The van der Waals surface area contributed by atoms with E-state index >= 15 is 0 Å². The van der Waals surface area contributed by atoms with Gasteiger partial charge in [0.1, 0.15) is 18.7 Å². The summed E-state index contributed by atoms with van der Waals surface area (Å²) in [5.41, 5.74) is -0.921. The lowest BCUT2D eigenvalue weighted by Gasteiger charge is -2.38. The number of rotatable bonds is 14. The van der Waals surface area contributed by atoms with Crippen LogP contribution in [-0.2, 0) is 23.9 Å². The Hall–Kier alpha value is -3.64. The van der Waals surface area contributed by atoms with Crippen LogP contribution < -0.4 is 26.6 Å².